The molecule has 0 atom stereocenters. The van der Waals surface area contributed by atoms with E-state index in [0.29, 0.717) is 13.0 Å². The van der Waals surface area contributed by atoms with Gasteiger partial charge in [0, 0.05) is 52.8 Å². The van der Waals surface area contributed by atoms with Gasteiger partial charge in [-0.05, 0) is 0 Å². The summed E-state index contributed by atoms with van der Waals surface area (Å²) in [5.41, 5.74) is 0. The SMILES string of the molecule is COCCC(=O)NCCN1CCNCC1.Cl. The second kappa shape index (κ2) is 9.84. The number of amides is 1. The zero-order valence-corrected chi connectivity index (χ0v) is 10.6. The monoisotopic (exact) mass is 251 g/mol. The van der Waals surface area contributed by atoms with E-state index in [2.05, 4.69) is 15.5 Å². The van der Waals surface area contributed by atoms with Gasteiger partial charge in [-0.15, -0.1) is 12.4 Å². The lowest BCUT2D eigenvalue weighted by Crippen LogP contribution is -2.46. The highest BCUT2D eigenvalue weighted by molar-refractivity contribution is 5.85. The van der Waals surface area contributed by atoms with Crippen LogP contribution < -0.4 is 10.6 Å². The van der Waals surface area contributed by atoms with Gasteiger partial charge in [0.25, 0.3) is 0 Å². The summed E-state index contributed by atoms with van der Waals surface area (Å²) in [7, 11) is 1.61. The van der Waals surface area contributed by atoms with Gasteiger partial charge in [0.05, 0.1) is 6.61 Å². The first-order valence-electron chi connectivity index (χ1n) is 5.51. The lowest BCUT2D eigenvalue weighted by Gasteiger charge is -2.27. The van der Waals surface area contributed by atoms with E-state index in [-0.39, 0.29) is 18.3 Å². The molecule has 96 valence electrons. The van der Waals surface area contributed by atoms with Crippen molar-refractivity contribution in [1.82, 2.24) is 15.5 Å². The molecular weight excluding hydrogens is 230 g/mol. The molecule has 0 aromatic carbocycles. The number of hydrogen-bond donors (Lipinski definition) is 2. The number of rotatable bonds is 6. The van der Waals surface area contributed by atoms with E-state index in [0.717, 1.165) is 39.3 Å². The van der Waals surface area contributed by atoms with Crippen LogP contribution in [0.5, 0.6) is 0 Å². The highest BCUT2D eigenvalue weighted by atomic mass is 35.5. The molecule has 0 aliphatic carbocycles. The van der Waals surface area contributed by atoms with Crippen LogP contribution in [-0.4, -0.2) is 63.8 Å². The summed E-state index contributed by atoms with van der Waals surface area (Å²) in [5.74, 6) is 0.0759. The predicted molar refractivity (Wildman–Crippen MR) is 66.1 cm³/mol. The molecule has 0 aromatic heterocycles. The molecule has 1 fully saturated rings. The Hall–Kier alpha value is -0.360. The average Bonchev–Trinajstić information content (AvgIpc) is 2.28. The third-order valence-corrected chi connectivity index (χ3v) is 2.49. The van der Waals surface area contributed by atoms with Gasteiger partial charge in [0.2, 0.25) is 5.91 Å². The van der Waals surface area contributed by atoms with Crippen molar-refractivity contribution in [3.05, 3.63) is 0 Å². The van der Waals surface area contributed by atoms with Gasteiger partial charge >= 0.3 is 0 Å². The Bertz CT molecular complexity index is 187. The summed E-state index contributed by atoms with van der Waals surface area (Å²) in [6, 6.07) is 0. The van der Waals surface area contributed by atoms with E-state index in [1.807, 2.05) is 0 Å². The molecule has 1 saturated heterocycles. The largest absolute Gasteiger partial charge is 0.384 e. The Morgan fingerprint density at radius 3 is 2.75 bits per heavy atom. The zero-order valence-electron chi connectivity index (χ0n) is 9.83. The maximum absolute atomic E-state index is 11.2. The van der Waals surface area contributed by atoms with Gasteiger partial charge in [0.1, 0.15) is 0 Å². The zero-order chi connectivity index (χ0) is 10.9. The minimum Gasteiger partial charge on any atom is -0.384 e. The van der Waals surface area contributed by atoms with E-state index in [9.17, 15) is 4.79 Å². The standard InChI is InChI=1S/C10H21N3O2.ClH/c1-15-9-2-10(14)12-5-8-13-6-3-11-4-7-13;/h11H,2-9H2,1H3,(H,12,14);1H. The lowest BCUT2D eigenvalue weighted by atomic mass is 10.3. The van der Waals surface area contributed by atoms with E-state index in [4.69, 9.17) is 4.74 Å². The molecule has 1 heterocycles. The van der Waals surface area contributed by atoms with Gasteiger partial charge in [-0.25, -0.2) is 0 Å². The van der Waals surface area contributed by atoms with Gasteiger partial charge < -0.3 is 15.4 Å². The fraction of sp³-hybridized carbons (Fsp3) is 0.900. The fourth-order valence-electron chi connectivity index (χ4n) is 1.57. The molecule has 2 N–H and O–H groups in total. The van der Waals surface area contributed by atoms with E-state index in [1.165, 1.54) is 0 Å². The third kappa shape index (κ3) is 7.00. The van der Waals surface area contributed by atoms with Crippen molar-refractivity contribution in [2.75, 3.05) is 53.0 Å². The van der Waals surface area contributed by atoms with Crippen LogP contribution in [0.2, 0.25) is 0 Å². The maximum atomic E-state index is 11.2. The lowest BCUT2D eigenvalue weighted by molar-refractivity contribution is -0.122. The molecule has 1 aliphatic heterocycles. The van der Waals surface area contributed by atoms with Crippen LogP contribution in [0.1, 0.15) is 6.42 Å². The molecule has 6 heteroatoms. The van der Waals surface area contributed by atoms with Gasteiger partial charge in [0.15, 0.2) is 0 Å². The van der Waals surface area contributed by atoms with Crippen molar-refractivity contribution >= 4 is 18.3 Å². The van der Waals surface area contributed by atoms with Crippen LogP contribution in [0.15, 0.2) is 0 Å². The van der Waals surface area contributed by atoms with E-state index in [1.54, 1.807) is 7.11 Å². The minimum absolute atomic E-state index is 0. The summed E-state index contributed by atoms with van der Waals surface area (Å²) >= 11 is 0. The smallest absolute Gasteiger partial charge is 0.222 e. The van der Waals surface area contributed by atoms with E-state index >= 15 is 0 Å². The number of nitrogens with zero attached hydrogens (tertiary/aromatic N) is 1. The normalized spacial score (nSPS) is 16.6. The molecule has 16 heavy (non-hydrogen) atoms. The minimum atomic E-state index is 0. The Morgan fingerprint density at radius 2 is 2.12 bits per heavy atom. The van der Waals surface area contributed by atoms with Gasteiger partial charge in [-0.2, -0.15) is 0 Å². The number of carbonyl (C=O) groups is 1. The number of piperazine rings is 1. The Morgan fingerprint density at radius 1 is 1.44 bits per heavy atom. The number of hydrogen-bond acceptors (Lipinski definition) is 4. The average molecular weight is 252 g/mol. The second-order valence-corrected chi connectivity index (χ2v) is 3.68. The van der Waals surface area contributed by atoms with Crippen molar-refractivity contribution in [1.29, 1.82) is 0 Å². The summed E-state index contributed by atoms with van der Waals surface area (Å²) in [4.78, 5) is 13.6. The molecular formula is C10H22ClN3O2. The second-order valence-electron chi connectivity index (χ2n) is 3.68. The van der Waals surface area contributed by atoms with E-state index < -0.39 is 0 Å². The molecule has 0 saturated carbocycles. The Labute approximate surface area is 103 Å². The van der Waals surface area contributed by atoms with Crippen LogP contribution in [0.4, 0.5) is 0 Å². The molecule has 1 amide bonds. The molecule has 0 unspecified atom stereocenters. The highest BCUT2D eigenvalue weighted by Crippen LogP contribution is 1.90. The molecule has 1 aliphatic rings. The predicted octanol–water partition coefficient (Wildman–Crippen LogP) is -0.534. The number of halogens is 1. The van der Waals surface area contributed by atoms with Crippen molar-refractivity contribution < 1.29 is 9.53 Å². The number of ether oxygens (including phenoxy) is 1. The molecule has 0 bridgehead atoms. The number of nitrogens with one attached hydrogen (secondary N) is 2. The summed E-state index contributed by atoms with van der Waals surface area (Å²) < 4.78 is 4.83. The third-order valence-electron chi connectivity index (χ3n) is 2.49. The number of methoxy groups -OCH3 is 1. The first-order chi connectivity index (χ1) is 7.33. The van der Waals surface area contributed by atoms with Crippen molar-refractivity contribution in [3.8, 4) is 0 Å². The van der Waals surface area contributed by atoms with Crippen LogP contribution in [-0.2, 0) is 9.53 Å². The molecule has 1 rings (SSSR count). The number of carbonyl (C=O) groups excluding carboxylic acids is 1. The summed E-state index contributed by atoms with van der Waals surface area (Å²) in [6.45, 7) is 6.44. The topological polar surface area (TPSA) is 53.6 Å². The van der Waals surface area contributed by atoms with Gasteiger partial charge in [-0.3, -0.25) is 9.69 Å². The van der Waals surface area contributed by atoms with Crippen molar-refractivity contribution in [2.45, 2.75) is 6.42 Å². The summed E-state index contributed by atoms with van der Waals surface area (Å²) in [5, 5.41) is 6.18. The quantitative estimate of drug-likeness (QED) is 0.666. The first kappa shape index (κ1) is 15.6. The summed E-state index contributed by atoms with van der Waals surface area (Å²) in [6.07, 6.45) is 0.456. The van der Waals surface area contributed by atoms with Gasteiger partial charge in [-0.1, -0.05) is 0 Å². The highest BCUT2D eigenvalue weighted by Gasteiger charge is 2.08. The molecule has 0 radical (unpaired) electrons. The molecule has 0 spiro atoms. The Balaban J connectivity index is 0.00000225. The molecule has 0 aromatic rings. The van der Waals surface area contributed by atoms with Crippen LogP contribution in [0.3, 0.4) is 0 Å². The maximum Gasteiger partial charge on any atom is 0.222 e. The Kier molecular flexibility index (Phi) is 9.62. The van der Waals surface area contributed by atoms with Crippen LogP contribution in [0, 0.1) is 0 Å². The fourth-order valence-corrected chi connectivity index (χ4v) is 1.57. The van der Waals surface area contributed by atoms with Crippen molar-refractivity contribution in [3.63, 3.8) is 0 Å². The van der Waals surface area contributed by atoms with Crippen molar-refractivity contribution in [2.24, 2.45) is 0 Å². The van der Waals surface area contributed by atoms with Crippen LogP contribution >= 0.6 is 12.4 Å². The van der Waals surface area contributed by atoms with Crippen LogP contribution in [0.25, 0.3) is 0 Å². The first-order valence-corrected chi connectivity index (χ1v) is 5.51. The molecule has 5 nitrogen and oxygen atoms in total.